The molecule has 0 aromatic heterocycles. The van der Waals surface area contributed by atoms with Crippen LogP contribution in [0.1, 0.15) is 19.4 Å². The second kappa shape index (κ2) is 5.82. The van der Waals surface area contributed by atoms with Gasteiger partial charge in [0.1, 0.15) is 11.6 Å². The maximum Gasteiger partial charge on any atom is 0.146 e. The van der Waals surface area contributed by atoms with Gasteiger partial charge in [-0.25, -0.2) is 4.39 Å². The summed E-state index contributed by atoms with van der Waals surface area (Å²) in [5.74, 6) is 0.361. The fourth-order valence-corrected chi connectivity index (χ4v) is 1.92. The number of rotatable bonds is 4. The second-order valence-electron chi connectivity index (χ2n) is 5.07. The van der Waals surface area contributed by atoms with Crippen molar-refractivity contribution in [1.82, 2.24) is 0 Å². The highest BCUT2D eigenvalue weighted by molar-refractivity contribution is 5.67. The summed E-state index contributed by atoms with van der Waals surface area (Å²) in [5.41, 5.74) is 8.52. The molecule has 3 nitrogen and oxygen atoms in total. The maximum atomic E-state index is 13.7. The molecule has 0 heterocycles. The standard InChI is InChI=1S/C16H19FN2O/c1-10(2)20-14-8-12(18)7-13(9-14)19-16-6-11(3)4-5-15(16)17/h4-10,19H,18H2,1-3H3. The summed E-state index contributed by atoms with van der Waals surface area (Å²) in [7, 11) is 0. The van der Waals surface area contributed by atoms with Crippen LogP contribution in [0, 0.1) is 12.7 Å². The van der Waals surface area contributed by atoms with E-state index in [0.717, 1.165) is 5.56 Å². The van der Waals surface area contributed by atoms with Gasteiger partial charge in [0.15, 0.2) is 0 Å². The average Bonchev–Trinajstić information content (AvgIpc) is 2.32. The van der Waals surface area contributed by atoms with Gasteiger partial charge in [0.25, 0.3) is 0 Å². The minimum absolute atomic E-state index is 0.0559. The fraction of sp³-hybridized carbons (Fsp3) is 0.250. The van der Waals surface area contributed by atoms with Gasteiger partial charge in [-0.05, 0) is 44.5 Å². The van der Waals surface area contributed by atoms with E-state index in [1.807, 2.05) is 20.8 Å². The van der Waals surface area contributed by atoms with E-state index < -0.39 is 0 Å². The molecule has 0 aliphatic rings. The van der Waals surface area contributed by atoms with E-state index in [0.29, 0.717) is 22.8 Å². The van der Waals surface area contributed by atoms with Gasteiger partial charge in [-0.3, -0.25) is 0 Å². The summed E-state index contributed by atoms with van der Waals surface area (Å²) in [5, 5.41) is 3.03. The number of halogens is 1. The summed E-state index contributed by atoms with van der Waals surface area (Å²) in [6.07, 6.45) is 0.0559. The van der Waals surface area contributed by atoms with Gasteiger partial charge in [0, 0.05) is 23.5 Å². The van der Waals surface area contributed by atoms with Crippen LogP contribution < -0.4 is 15.8 Å². The summed E-state index contributed by atoms with van der Waals surface area (Å²) >= 11 is 0. The van der Waals surface area contributed by atoms with Crippen molar-refractivity contribution in [3.05, 3.63) is 47.8 Å². The Labute approximate surface area is 118 Å². The lowest BCUT2D eigenvalue weighted by Crippen LogP contribution is -2.06. The number of anilines is 3. The minimum Gasteiger partial charge on any atom is -0.491 e. The molecule has 0 bridgehead atoms. The normalized spacial score (nSPS) is 10.7. The summed E-state index contributed by atoms with van der Waals surface area (Å²) in [4.78, 5) is 0. The highest BCUT2D eigenvalue weighted by atomic mass is 19.1. The van der Waals surface area contributed by atoms with Crippen LogP contribution >= 0.6 is 0 Å². The number of aryl methyl sites for hydroxylation is 1. The number of hydrogen-bond acceptors (Lipinski definition) is 3. The molecule has 0 saturated carbocycles. The van der Waals surface area contributed by atoms with Crippen molar-refractivity contribution in [1.29, 1.82) is 0 Å². The predicted octanol–water partition coefficient (Wildman–Crippen LogP) is 4.25. The molecule has 2 rings (SSSR count). The van der Waals surface area contributed by atoms with Crippen LogP contribution in [0.2, 0.25) is 0 Å². The molecule has 0 unspecified atom stereocenters. The largest absolute Gasteiger partial charge is 0.491 e. The number of nitrogens with one attached hydrogen (secondary N) is 1. The molecule has 0 aliphatic carbocycles. The molecule has 0 radical (unpaired) electrons. The Morgan fingerprint density at radius 3 is 2.60 bits per heavy atom. The Morgan fingerprint density at radius 1 is 1.15 bits per heavy atom. The van der Waals surface area contributed by atoms with Gasteiger partial charge in [-0.1, -0.05) is 6.07 Å². The molecule has 106 valence electrons. The third-order valence-corrected chi connectivity index (χ3v) is 2.70. The Hall–Kier alpha value is -2.23. The summed E-state index contributed by atoms with van der Waals surface area (Å²) < 4.78 is 19.4. The summed E-state index contributed by atoms with van der Waals surface area (Å²) in [6, 6.07) is 10.2. The van der Waals surface area contributed by atoms with Gasteiger partial charge in [0.05, 0.1) is 11.8 Å². The molecule has 0 fully saturated rings. The average molecular weight is 274 g/mol. The Balaban J connectivity index is 2.28. The van der Waals surface area contributed by atoms with Crippen molar-refractivity contribution in [3.63, 3.8) is 0 Å². The predicted molar refractivity (Wildman–Crippen MR) is 81.0 cm³/mol. The molecule has 0 amide bonds. The van der Waals surface area contributed by atoms with Crippen LogP contribution in [0.25, 0.3) is 0 Å². The second-order valence-corrected chi connectivity index (χ2v) is 5.07. The number of hydrogen-bond donors (Lipinski definition) is 2. The molecule has 4 heteroatoms. The van der Waals surface area contributed by atoms with E-state index in [9.17, 15) is 4.39 Å². The molecule has 2 aromatic carbocycles. The van der Waals surface area contributed by atoms with Crippen LogP contribution in [0.5, 0.6) is 5.75 Å². The molecule has 0 aliphatic heterocycles. The van der Waals surface area contributed by atoms with Crippen LogP contribution in [0.15, 0.2) is 36.4 Å². The van der Waals surface area contributed by atoms with Gasteiger partial charge in [-0.15, -0.1) is 0 Å². The summed E-state index contributed by atoms with van der Waals surface area (Å²) in [6.45, 7) is 5.80. The van der Waals surface area contributed by atoms with E-state index in [2.05, 4.69) is 5.32 Å². The topological polar surface area (TPSA) is 47.3 Å². The smallest absolute Gasteiger partial charge is 0.146 e. The van der Waals surface area contributed by atoms with Gasteiger partial charge in [0.2, 0.25) is 0 Å². The number of ether oxygens (including phenoxy) is 1. The van der Waals surface area contributed by atoms with Crippen molar-refractivity contribution in [2.45, 2.75) is 26.9 Å². The lowest BCUT2D eigenvalue weighted by Gasteiger charge is -2.14. The quantitative estimate of drug-likeness (QED) is 0.819. The number of nitrogens with two attached hydrogens (primary N) is 1. The minimum atomic E-state index is -0.302. The van der Waals surface area contributed by atoms with E-state index in [1.54, 1.807) is 30.3 Å². The molecular formula is C16H19FN2O. The van der Waals surface area contributed by atoms with Crippen molar-refractivity contribution in [3.8, 4) is 5.75 Å². The Kier molecular flexibility index (Phi) is 4.13. The Bertz CT molecular complexity index is 611. The third kappa shape index (κ3) is 3.63. The first-order valence-electron chi connectivity index (χ1n) is 6.54. The lowest BCUT2D eigenvalue weighted by molar-refractivity contribution is 0.242. The van der Waals surface area contributed by atoms with Crippen LogP contribution in [0.4, 0.5) is 21.5 Å². The highest BCUT2D eigenvalue weighted by Gasteiger charge is 2.06. The van der Waals surface area contributed by atoms with Crippen molar-refractivity contribution in [2.75, 3.05) is 11.1 Å². The third-order valence-electron chi connectivity index (χ3n) is 2.70. The highest BCUT2D eigenvalue weighted by Crippen LogP contribution is 2.27. The molecule has 0 saturated heterocycles. The van der Waals surface area contributed by atoms with E-state index in [4.69, 9.17) is 10.5 Å². The van der Waals surface area contributed by atoms with E-state index in [-0.39, 0.29) is 11.9 Å². The zero-order valence-corrected chi connectivity index (χ0v) is 11.9. The molecule has 0 atom stereocenters. The van der Waals surface area contributed by atoms with Crippen molar-refractivity contribution >= 4 is 17.1 Å². The van der Waals surface area contributed by atoms with E-state index >= 15 is 0 Å². The van der Waals surface area contributed by atoms with Crippen molar-refractivity contribution < 1.29 is 9.13 Å². The number of benzene rings is 2. The molecule has 2 aromatic rings. The zero-order valence-electron chi connectivity index (χ0n) is 11.9. The number of nitrogen functional groups attached to an aromatic ring is 1. The van der Waals surface area contributed by atoms with Crippen LogP contribution in [-0.2, 0) is 0 Å². The first kappa shape index (κ1) is 14.2. The first-order valence-corrected chi connectivity index (χ1v) is 6.54. The van der Waals surface area contributed by atoms with Crippen LogP contribution in [0.3, 0.4) is 0 Å². The fourth-order valence-electron chi connectivity index (χ4n) is 1.92. The molecule has 3 N–H and O–H groups in total. The van der Waals surface area contributed by atoms with Gasteiger partial charge < -0.3 is 15.8 Å². The molecule has 20 heavy (non-hydrogen) atoms. The SMILES string of the molecule is Cc1ccc(F)c(Nc2cc(N)cc(OC(C)C)c2)c1. The van der Waals surface area contributed by atoms with Gasteiger partial charge in [-0.2, -0.15) is 0 Å². The Morgan fingerprint density at radius 2 is 1.90 bits per heavy atom. The monoisotopic (exact) mass is 274 g/mol. The van der Waals surface area contributed by atoms with E-state index in [1.165, 1.54) is 6.07 Å². The lowest BCUT2D eigenvalue weighted by atomic mass is 10.2. The first-order chi connectivity index (χ1) is 9.44. The molecule has 0 spiro atoms. The maximum absolute atomic E-state index is 13.7. The molecular weight excluding hydrogens is 255 g/mol. The van der Waals surface area contributed by atoms with Gasteiger partial charge >= 0.3 is 0 Å². The van der Waals surface area contributed by atoms with Crippen LogP contribution in [-0.4, -0.2) is 6.10 Å². The zero-order chi connectivity index (χ0) is 14.7. The van der Waals surface area contributed by atoms with Crippen molar-refractivity contribution in [2.24, 2.45) is 0 Å².